The van der Waals surface area contributed by atoms with E-state index in [1.165, 1.54) is 0 Å². The van der Waals surface area contributed by atoms with Crippen molar-refractivity contribution in [3.8, 4) is 0 Å². The van der Waals surface area contributed by atoms with Gasteiger partial charge in [0.25, 0.3) is 0 Å². The summed E-state index contributed by atoms with van der Waals surface area (Å²) in [5.41, 5.74) is 1.00. The van der Waals surface area contributed by atoms with Gasteiger partial charge in [-0.1, -0.05) is 6.07 Å². The maximum Gasteiger partial charge on any atom is 0.394 e. The van der Waals surface area contributed by atoms with E-state index < -0.39 is 10.4 Å². The van der Waals surface area contributed by atoms with E-state index >= 15 is 0 Å². The summed E-state index contributed by atoms with van der Waals surface area (Å²) in [6, 6.07) is 5.78. The highest BCUT2D eigenvalue weighted by Gasteiger charge is 1.89. The number of aromatic nitrogens is 1. The van der Waals surface area contributed by atoms with Crippen LogP contribution in [0.2, 0.25) is 0 Å². The number of nitrogens with zero attached hydrogens (tertiary/aromatic N) is 1. The fraction of sp³-hybridized carbons (Fsp3) is 0.375. The second-order valence-corrected chi connectivity index (χ2v) is 3.56. The molecule has 0 fully saturated rings. The predicted octanol–water partition coefficient (Wildman–Crippen LogP) is -0.489. The maximum atomic E-state index is 8.74. The molecule has 0 radical (unpaired) electrons. The van der Waals surface area contributed by atoms with Gasteiger partial charge in [-0.15, -0.1) is 0 Å². The van der Waals surface area contributed by atoms with Crippen molar-refractivity contribution in [3.05, 3.63) is 30.1 Å². The molecule has 0 bridgehead atoms. The fourth-order valence-electron chi connectivity index (χ4n) is 0.798. The van der Waals surface area contributed by atoms with Crippen LogP contribution in [-0.4, -0.2) is 40.8 Å². The van der Waals surface area contributed by atoms with Crippen LogP contribution in [0.4, 0.5) is 0 Å². The van der Waals surface area contributed by atoms with Crippen molar-refractivity contribution < 1.29 is 22.6 Å². The van der Waals surface area contributed by atoms with Gasteiger partial charge in [-0.25, -0.2) is 0 Å². The van der Waals surface area contributed by atoms with Crippen LogP contribution < -0.4 is 5.32 Å². The highest BCUT2D eigenvalue weighted by atomic mass is 32.3. The highest BCUT2D eigenvalue weighted by Crippen LogP contribution is 1.90. The minimum absolute atomic E-state index is 0.173. The van der Waals surface area contributed by atoms with Gasteiger partial charge < -0.3 is 10.4 Å². The topological polar surface area (TPSA) is 120 Å². The molecule has 16 heavy (non-hydrogen) atoms. The van der Waals surface area contributed by atoms with Gasteiger partial charge in [0.05, 0.1) is 12.3 Å². The van der Waals surface area contributed by atoms with Gasteiger partial charge in [0.1, 0.15) is 0 Å². The second kappa shape index (κ2) is 8.13. The molecule has 0 amide bonds. The SMILES string of the molecule is O=S(=O)(O)O.OCCNCc1ccccn1. The Kier molecular flexibility index (Phi) is 7.60. The third-order valence-corrected chi connectivity index (χ3v) is 1.32. The minimum Gasteiger partial charge on any atom is -0.395 e. The van der Waals surface area contributed by atoms with Crippen molar-refractivity contribution in [2.24, 2.45) is 0 Å². The Morgan fingerprint density at radius 3 is 2.38 bits per heavy atom. The van der Waals surface area contributed by atoms with Gasteiger partial charge in [0.15, 0.2) is 0 Å². The molecule has 0 aromatic carbocycles. The number of pyridine rings is 1. The molecule has 0 atom stereocenters. The van der Waals surface area contributed by atoms with Crippen molar-refractivity contribution in [2.45, 2.75) is 6.54 Å². The minimum atomic E-state index is -4.67. The zero-order valence-electron chi connectivity index (χ0n) is 8.44. The van der Waals surface area contributed by atoms with E-state index in [1.54, 1.807) is 6.20 Å². The number of aliphatic hydroxyl groups is 1. The zero-order chi connectivity index (χ0) is 12.4. The van der Waals surface area contributed by atoms with Crippen LogP contribution in [0.15, 0.2) is 24.4 Å². The molecular weight excluding hydrogens is 236 g/mol. The lowest BCUT2D eigenvalue weighted by Crippen LogP contribution is -2.17. The van der Waals surface area contributed by atoms with Crippen molar-refractivity contribution in [2.75, 3.05) is 13.2 Å². The van der Waals surface area contributed by atoms with Crippen molar-refractivity contribution in [1.29, 1.82) is 0 Å². The van der Waals surface area contributed by atoms with Gasteiger partial charge in [-0.3, -0.25) is 14.1 Å². The van der Waals surface area contributed by atoms with E-state index in [0.717, 1.165) is 12.2 Å². The number of rotatable bonds is 4. The van der Waals surface area contributed by atoms with Crippen LogP contribution >= 0.6 is 0 Å². The quantitative estimate of drug-likeness (QED) is 0.420. The summed E-state index contributed by atoms with van der Waals surface area (Å²) in [5, 5.41) is 11.5. The first kappa shape index (κ1) is 14.9. The molecule has 0 spiro atoms. The predicted molar refractivity (Wildman–Crippen MR) is 57.2 cm³/mol. The Hall–Kier alpha value is -1.06. The van der Waals surface area contributed by atoms with E-state index in [9.17, 15) is 0 Å². The van der Waals surface area contributed by atoms with Crippen molar-refractivity contribution in [1.82, 2.24) is 10.3 Å². The van der Waals surface area contributed by atoms with E-state index in [4.69, 9.17) is 22.6 Å². The Labute approximate surface area is 93.7 Å². The number of aliphatic hydroxyl groups excluding tert-OH is 1. The Bertz CT molecular complexity index is 359. The lowest BCUT2D eigenvalue weighted by molar-refractivity contribution is 0.291. The third kappa shape index (κ3) is 12.9. The lowest BCUT2D eigenvalue weighted by Gasteiger charge is -2.00. The van der Waals surface area contributed by atoms with Crippen LogP contribution in [-0.2, 0) is 16.9 Å². The van der Waals surface area contributed by atoms with Gasteiger partial charge in [-0.2, -0.15) is 8.42 Å². The molecular formula is C8H14N2O5S. The van der Waals surface area contributed by atoms with E-state index in [1.807, 2.05) is 18.2 Å². The van der Waals surface area contributed by atoms with Crippen molar-refractivity contribution >= 4 is 10.4 Å². The molecule has 1 rings (SSSR count). The largest absolute Gasteiger partial charge is 0.395 e. The second-order valence-electron chi connectivity index (χ2n) is 2.67. The molecule has 0 aliphatic heterocycles. The number of hydrogen-bond donors (Lipinski definition) is 4. The molecule has 8 heteroatoms. The first-order chi connectivity index (χ1) is 7.43. The summed E-state index contributed by atoms with van der Waals surface area (Å²) in [4.78, 5) is 4.11. The molecule has 1 aromatic rings. The molecule has 0 aliphatic rings. The molecule has 7 nitrogen and oxygen atoms in total. The molecule has 4 N–H and O–H groups in total. The van der Waals surface area contributed by atoms with E-state index in [0.29, 0.717) is 6.54 Å². The lowest BCUT2D eigenvalue weighted by atomic mass is 10.3. The standard InChI is InChI=1S/C8H12N2O.H2O4S/c11-6-5-9-7-8-3-1-2-4-10-8;1-5(2,3)4/h1-4,9,11H,5-7H2;(H2,1,2,3,4). The summed E-state index contributed by atoms with van der Waals surface area (Å²) in [5.74, 6) is 0. The third-order valence-electron chi connectivity index (χ3n) is 1.32. The van der Waals surface area contributed by atoms with Gasteiger partial charge in [0.2, 0.25) is 0 Å². The smallest absolute Gasteiger partial charge is 0.394 e. The van der Waals surface area contributed by atoms with Crippen LogP contribution in [0.3, 0.4) is 0 Å². The van der Waals surface area contributed by atoms with Gasteiger partial charge >= 0.3 is 10.4 Å². The molecule has 1 heterocycles. The average molecular weight is 250 g/mol. The number of hydrogen-bond acceptors (Lipinski definition) is 5. The van der Waals surface area contributed by atoms with Gasteiger partial charge in [0, 0.05) is 19.3 Å². The Morgan fingerprint density at radius 2 is 1.94 bits per heavy atom. The first-order valence-corrected chi connectivity index (χ1v) is 5.74. The summed E-state index contributed by atoms with van der Waals surface area (Å²) in [6.45, 7) is 1.52. The summed E-state index contributed by atoms with van der Waals surface area (Å²) in [7, 11) is -4.67. The van der Waals surface area contributed by atoms with Crippen LogP contribution in [0.1, 0.15) is 5.69 Å². The fourth-order valence-corrected chi connectivity index (χ4v) is 0.798. The summed E-state index contributed by atoms with van der Waals surface area (Å²) >= 11 is 0. The summed E-state index contributed by atoms with van der Waals surface area (Å²) < 4.78 is 31.6. The van der Waals surface area contributed by atoms with Crippen LogP contribution in [0.25, 0.3) is 0 Å². The normalized spacial score (nSPS) is 10.4. The van der Waals surface area contributed by atoms with Gasteiger partial charge in [-0.05, 0) is 12.1 Å². The maximum absolute atomic E-state index is 8.74. The zero-order valence-corrected chi connectivity index (χ0v) is 9.26. The monoisotopic (exact) mass is 250 g/mol. The Balaban J connectivity index is 0.000000385. The molecule has 0 saturated carbocycles. The first-order valence-electron chi connectivity index (χ1n) is 4.35. The van der Waals surface area contributed by atoms with E-state index in [2.05, 4.69) is 10.3 Å². The van der Waals surface area contributed by atoms with Crippen LogP contribution in [0, 0.1) is 0 Å². The molecule has 92 valence electrons. The number of nitrogens with one attached hydrogen (secondary N) is 1. The van der Waals surface area contributed by atoms with Crippen LogP contribution in [0.5, 0.6) is 0 Å². The molecule has 0 unspecified atom stereocenters. The highest BCUT2D eigenvalue weighted by molar-refractivity contribution is 7.79. The summed E-state index contributed by atoms with van der Waals surface area (Å²) in [6.07, 6.45) is 1.76. The molecule has 1 aromatic heterocycles. The van der Waals surface area contributed by atoms with Crippen molar-refractivity contribution in [3.63, 3.8) is 0 Å². The van der Waals surface area contributed by atoms with E-state index in [-0.39, 0.29) is 6.61 Å². The molecule has 0 saturated heterocycles. The average Bonchev–Trinajstić information content (AvgIpc) is 2.17. The molecule has 0 aliphatic carbocycles. The Morgan fingerprint density at radius 1 is 1.31 bits per heavy atom.